The number of urea groups is 1. The highest BCUT2D eigenvalue weighted by Gasteiger charge is 2.46. The van der Waals surface area contributed by atoms with Gasteiger partial charge >= 0.3 is 6.03 Å². The number of aromatic amines is 1. The van der Waals surface area contributed by atoms with E-state index < -0.39 is 5.54 Å². The summed E-state index contributed by atoms with van der Waals surface area (Å²) in [5, 5.41) is 7.09. The molecular formula is C16H28N6O. The Morgan fingerprint density at radius 3 is 2.65 bits per heavy atom. The topological polar surface area (TPSA) is 81.5 Å². The summed E-state index contributed by atoms with van der Waals surface area (Å²) in [6.45, 7) is 13.8. The second kappa shape index (κ2) is 5.40. The number of hydrogen-bond donors (Lipinski definition) is 2. The third-order valence-electron chi connectivity index (χ3n) is 5.50. The Kier molecular flexibility index (Phi) is 3.78. The molecule has 128 valence electrons. The molecule has 2 atom stereocenters. The van der Waals surface area contributed by atoms with Gasteiger partial charge < -0.3 is 15.5 Å². The summed E-state index contributed by atoms with van der Waals surface area (Å²) in [4.78, 5) is 19.5. The van der Waals surface area contributed by atoms with Crippen molar-refractivity contribution in [1.82, 2.24) is 24.9 Å². The number of nitrogens with zero attached hydrogens (tertiary/aromatic N) is 4. The van der Waals surface area contributed by atoms with Gasteiger partial charge in [-0.25, -0.2) is 4.79 Å². The second-order valence-corrected chi connectivity index (χ2v) is 7.33. The number of fused-ring (bicyclic) bond motifs is 1. The molecule has 0 aliphatic carbocycles. The van der Waals surface area contributed by atoms with Crippen molar-refractivity contribution in [2.45, 2.75) is 58.8 Å². The van der Waals surface area contributed by atoms with Crippen LogP contribution in [0.15, 0.2) is 0 Å². The number of amides is 2. The molecule has 1 aromatic rings. The van der Waals surface area contributed by atoms with Crippen LogP contribution in [0.25, 0.3) is 0 Å². The number of nitrogens with two attached hydrogens (primary N) is 1. The van der Waals surface area contributed by atoms with Crippen LogP contribution in [0.2, 0.25) is 0 Å². The average molecular weight is 320 g/mol. The van der Waals surface area contributed by atoms with Crippen LogP contribution in [-0.2, 0) is 12.1 Å². The first-order valence-corrected chi connectivity index (χ1v) is 8.42. The van der Waals surface area contributed by atoms with Crippen LogP contribution in [0.4, 0.5) is 10.6 Å². The molecule has 0 bridgehead atoms. The zero-order valence-corrected chi connectivity index (χ0v) is 14.8. The van der Waals surface area contributed by atoms with Gasteiger partial charge in [0.05, 0.1) is 17.8 Å². The van der Waals surface area contributed by atoms with Crippen LogP contribution >= 0.6 is 0 Å². The fourth-order valence-electron chi connectivity index (χ4n) is 3.90. The van der Waals surface area contributed by atoms with Crippen molar-refractivity contribution in [2.75, 3.05) is 25.4 Å². The van der Waals surface area contributed by atoms with Gasteiger partial charge in [0.1, 0.15) is 0 Å². The molecule has 0 unspecified atom stereocenters. The molecule has 2 aliphatic rings. The number of rotatable bonds is 1. The molecule has 0 saturated carbocycles. The SMILES string of the molecule is CCN1C[C@H](C)N(C(=O)N2Cc3c(N)n[nH]c3C2(C)C)C[C@H]1C. The average Bonchev–Trinajstić information content (AvgIpc) is 2.99. The summed E-state index contributed by atoms with van der Waals surface area (Å²) < 4.78 is 0. The maximum Gasteiger partial charge on any atom is 0.321 e. The number of carbonyl (C=O) groups is 1. The Labute approximate surface area is 137 Å². The zero-order valence-electron chi connectivity index (χ0n) is 14.8. The van der Waals surface area contributed by atoms with Crippen LogP contribution in [0.5, 0.6) is 0 Å². The molecule has 3 N–H and O–H groups in total. The highest BCUT2D eigenvalue weighted by atomic mass is 16.2. The molecule has 3 heterocycles. The number of H-pyrrole nitrogens is 1. The summed E-state index contributed by atoms with van der Waals surface area (Å²) in [6.07, 6.45) is 0. The highest BCUT2D eigenvalue weighted by molar-refractivity contribution is 5.77. The number of aromatic nitrogens is 2. The predicted octanol–water partition coefficient (Wildman–Crippen LogP) is 1.58. The first-order valence-electron chi connectivity index (χ1n) is 8.42. The van der Waals surface area contributed by atoms with Crippen molar-refractivity contribution in [2.24, 2.45) is 0 Å². The number of anilines is 1. The van der Waals surface area contributed by atoms with Gasteiger partial charge in [0.25, 0.3) is 0 Å². The molecule has 0 aromatic carbocycles. The van der Waals surface area contributed by atoms with Gasteiger partial charge in [0, 0.05) is 30.7 Å². The van der Waals surface area contributed by atoms with Crippen LogP contribution < -0.4 is 5.73 Å². The summed E-state index contributed by atoms with van der Waals surface area (Å²) in [5.41, 5.74) is 7.43. The van der Waals surface area contributed by atoms with Crippen LogP contribution in [-0.4, -0.2) is 62.6 Å². The van der Waals surface area contributed by atoms with Crippen molar-refractivity contribution < 1.29 is 4.79 Å². The summed E-state index contributed by atoms with van der Waals surface area (Å²) in [7, 11) is 0. The molecule has 7 heteroatoms. The van der Waals surface area contributed by atoms with E-state index in [1.807, 2.05) is 23.6 Å². The monoisotopic (exact) mass is 320 g/mol. The minimum Gasteiger partial charge on any atom is -0.382 e. The number of nitrogens with one attached hydrogen (secondary N) is 1. The lowest BCUT2D eigenvalue weighted by Crippen LogP contribution is -2.61. The van der Waals surface area contributed by atoms with Gasteiger partial charge in [-0.1, -0.05) is 6.92 Å². The van der Waals surface area contributed by atoms with Crippen molar-refractivity contribution in [3.8, 4) is 0 Å². The summed E-state index contributed by atoms with van der Waals surface area (Å²) >= 11 is 0. The number of nitrogen functional groups attached to an aromatic ring is 1. The number of piperazine rings is 1. The summed E-state index contributed by atoms with van der Waals surface area (Å²) in [5.74, 6) is 0.501. The lowest BCUT2D eigenvalue weighted by atomic mass is 10.0. The molecule has 1 saturated heterocycles. The largest absolute Gasteiger partial charge is 0.382 e. The van der Waals surface area contributed by atoms with Crippen LogP contribution in [0.3, 0.4) is 0 Å². The lowest BCUT2D eigenvalue weighted by molar-refractivity contribution is 0.0373. The van der Waals surface area contributed by atoms with Gasteiger partial charge in [-0.05, 0) is 34.2 Å². The fourth-order valence-corrected chi connectivity index (χ4v) is 3.90. The highest BCUT2D eigenvalue weighted by Crippen LogP contribution is 2.40. The van der Waals surface area contributed by atoms with Gasteiger partial charge in [0.2, 0.25) is 0 Å². The minimum absolute atomic E-state index is 0.0918. The predicted molar refractivity (Wildman–Crippen MR) is 89.8 cm³/mol. The first kappa shape index (κ1) is 16.1. The Bertz CT molecular complexity index is 610. The van der Waals surface area contributed by atoms with E-state index in [0.29, 0.717) is 18.4 Å². The Balaban J connectivity index is 1.82. The van der Waals surface area contributed by atoms with Gasteiger partial charge in [0.15, 0.2) is 5.82 Å². The Hall–Kier alpha value is -1.76. The van der Waals surface area contributed by atoms with E-state index in [1.54, 1.807) is 0 Å². The maximum absolute atomic E-state index is 13.2. The molecular weight excluding hydrogens is 292 g/mol. The number of carbonyl (C=O) groups excluding carboxylic acids is 1. The molecule has 7 nitrogen and oxygen atoms in total. The van der Waals surface area contributed by atoms with E-state index in [2.05, 4.69) is 35.9 Å². The molecule has 0 spiro atoms. The third kappa shape index (κ3) is 2.38. The standard InChI is InChI=1S/C16H28N6O/c1-6-20-7-11(3)21(8-10(20)2)15(23)22-9-12-13(16(22,4)5)18-19-14(12)17/h10-11H,6-9H2,1-5H3,(H3,17,18,19)/t10-,11+/m1/s1. The van der Waals surface area contributed by atoms with E-state index in [-0.39, 0.29) is 12.1 Å². The van der Waals surface area contributed by atoms with Crippen molar-refractivity contribution >= 4 is 11.8 Å². The number of hydrogen-bond acceptors (Lipinski definition) is 4. The zero-order chi connectivity index (χ0) is 16.9. The first-order chi connectivity index (χ1) is 10.8. The molecule has 2 aliphatic heterocycles. The van der Waals surface area contributed by atoms with Gasteiger partial charge in [-0.15, -0.1) is 0 Å². The smallest absolute Gasteiger partial charge is 0.321 e. The Morgan fingerprint density at radius 2 is 2.04 bits per heavy atom. The second-order valence-electron chi connectivity index (χ2n) is 7.33. The molecule has 23 heavy (non-hydrogen) atoms. The van der Waals surface area contributed by atoms with Crippen molar-refractivity contribution in [1.29, 1.82) is 0 Å². The van der Waals surface area contributed by atoms with E-state index >= 15 is 0 Å². The number of likely N-dealkylation sites (N-methyl/N-ethyl adjacent to an activating group) is 1. The van der Waals surface area contributed by atoms with Crippen LogP contribution in [0, 0.1) is 0 Å². The molecule has 1 aromatic heterocycles. The maximum atomic E-state index is 13.2. The molecule has 0 radical (unpaired) electrons. The van der Waals surface area contributed by atoms with Gasteiger partial charge in [-0.2, -0.15) is 5.10 Å². The molecule has 1 fully saturated rings. The van der Waals surface area contributed by atoms with Crippen molar-refractivity contribution in [3.63, 3.8) is 0 Å². The molecule has 2 amide bonds. The van der Waals surface area contributed by atoms with Gasteiger partial charge in [-0.3, -0.25) is 10.00 Å². The van der Waals surface area contributed by atoms with E-state index in [9.17, 15) is 4.79 Å². The quantitative estimate of drug-likeness (QED) is 0.823. The van der Waals surface area contributed by atoms with E-state index in [0.717, 1.165) is 30.9 Å². The summed E-state index contributed by atoms with van der Waals surface area (Å²) in [6, 6.07) is 0.688. The fraction of sp³-hybridized carbons (Fsp3) is 0.750. The van der Waals surface area contributed by atoms with E-state index in [4.69, 9.17) is 5.73 Å². The molecule has 3 rings (SSSR count). The van der Waals surface area contributed by atoms with Crippen LogP contribution in [0.1, 0.15) is 45.9 Å². The lowest BCUT2D eigenvalue weighted by Gasteiger charge is -2.46. The van der Waals surface area contributed by atoms with Crippen molar-refractivity contribution in [3.05, 3.63) is 11.3 Å². The minimum atomic E-state index is -0.415. The van der Waals surface area contributed by atoms with E-state index in [1.165, 1.54) is 0 Å². The third-order valence-corrected chi connectivity index (χ3v) is 5.50. The Morgan fingerprint density at radius 1 is 1.35 bits per heavy atom. The normalized spacial score (nSPS) is 27.3.